The fraction of sp³-hybridized carbons (Fsp3) is 0.310. The van der Waals surface area contributed by atoms with Gasteiger partial charge in [-0.2, -0.15) is 0 Å². The van der Waals surface area contributed by atoms with Gasteiger partial charge in [0.2, 0.25) is 11.8 Å². The molecule has 390 valence electrons. The molecule has 4 aromatic carbocycles. The number of methoxy groups -OCH3 is 2. The summed E-state index contributed by atoms with van der Waals surface area (Å²) in [7, 11) is 1.97. The summed E-state index contributed by atoms with van der Waals surface area (Å²) in [6, 6.07) is 27.4. The summed E-state index contributed by atoms with van der Waals surface area (Å²) < 4.78 is 54.1. The van der Waals surface area contributed by atoms with E-state index in [4.69, 9.17) is 26.7 Å². The molecule has 0 saturated carbocycles. The molecule has 3 N–H and O–H groups in total. The lowest BCUT2D eigenvalue weighted by molar-refractivity contribution is -0.139. The topological polar surface area (TPSA) is 190 Å². The number of aliphatic imine (C=N–C) groups is 2. The van der Waals surface area contributed by atoms with Crippen LogP contribution in [0.1, 0.15) is 110 Å². The van der Waals surface area contributed by atoms with Gasteiger partial charge in [0, 0.05) is 88.2 Å². The molecule has 0 bridgehead atoms. The number of piperidine rings is 2. The summed E-state index contributed by atoms with van der Waals surface area (Å²) in [6.45, 7) is 6.53. The summed E-state index contributed by atoms with van der Waals surface area (Å²) in [5.41, 5.74) is 16.9. The molecule has 10 rings (SSSR count). The molecule has 0 radical (unpaired) electrons. The number of nitrogens with zero attached hydrogens (tertiary/aromatic N) is 6. The van der Waals surface area contributed by atoms with E-state index in [1.54, 1.807) is 58.6 Å². The van der Waals surface area contributed by atoms with Crippen LogP contribution in [-0.2, 0) is 35.8 Å². The third-order valence-corrected chi connectivity index (χ3v) is 13.4. The van der Waals surface area contributed by atoms with E-state index >= 15 is 0 Å². The molecule has 17 heteroatoms. The number of aromatic nitrogens is 2. The molecule has 6 heterocycles. The number of pyridine rings is 2. The lowest BCUT2D eigenvalue weighted by Gasteiger charge is -2.32. The zero-order valence-corrected chi connectivity index (χ0v) is 42.3. The smallest absolute Gasteiger partial charge is 0.335 e. The van der Waals surface area contributed by atoms with Crippen LogP contribution < -0.4 is 15.2 Å². The number of amides is 2. The van der Waals surface area contributed by atoms with Crippen LogP contribution in [0.3, 0.4) is 0 Å². The van der Waals surface area contributed by atoms with Crippen molar-refractivity contribution in [2.75, 3.05) is 34.5 Å². The SMILES string of the molecule is COc1cccc(F)c1CN1CCCC(CC(=O)c2ccc3c(c2)C(c2ccnc(C)c2)=NC3)C1=O.COc1cccc(F)c1CN1CCCC(N)C1=O.Cc1cc(C2=NCc3ccc(C(=O)O)cc32)ccn1.[2H]CF. The number of Topliss-reactive ketones (excluding diaryl/α,β-unsaturated/α-hetero) is 1. The van der Waals surface area contributed by atoms with E-state index < -0.39 is 30.9 Å². The summed E-state index contributed by atoms with van der Waals surface area (Å²) in [4.78, 5) is 70.3. The minimum atomic E-state index is -1.00. The Morgan fingerprint density at radius 2 is 1.19 bits per heavy atom. The highest BCUT2D eigenvalue weighted by molar-refractivity contribution is 6.17. The van der Waals surface area contributed by atoms with Crippen LogP contribution in [0, 0.1) is 31.4 Å². The Hall–Kier alpha value is -8.05. The number of ketones is 1. The Kier molecular flexibility index (Phi) is 17.9. The van der Waals surface area contributed by atoms with Crippen LogP contribution in [0.4, 0.5) is 13.2 Å². The number of carboxylic acid groups (broad SMARTS) is 1. The lowest BCUT2D eigenvalue weighted by Crippen LogP contribution is -2.47. The van der Waals surface area contributed by atoms with Gasteiger partial charge in [0.1, 0.15) is 23.1 Å². The molecule has 14 nitrogen and oxygen atoms in total. The Morgan fingerprint density at radius 1 is 0.707 bits per heavy atom. The van der Waals surface area contributed by atoms with Crippen molar-refractivity contribution in [3.05, 3.63) is 188 Å². The molecule has 0 spiro atoms. The quantitative estimate of drug-likeness (QED) is 0.112. The largest absolute Gasteiger partial charge is 0.496 e. The van der Waals surface area contributed by atoms with Crippen molar-refractivity contribution in [3.8, 4) is 11.5 Å². The predicted octanol–water partition coefficient (Wildman–Crippen LogP) is 9.21. The van der Waals surface area contributed by atoms with Gasteiger partial charge < -0.3 is 30.1 Å². The number of carbonyl (C=O) groups excluding carboxylic acids is 3. The van der Waals surface area contributed by atoms with Crippen LogP contribution in [0.15, 0.2) is 119 Å². The van der Waals surface area contributed by atoms with Crippen molar-refractivity contribution < 1.29 is 48.3 Å². The number of alkyl halides is 1. The number of benzene rings is 4. The fourth-order valence-corrected chi connectivity index (χ4v) is 9.54. The molecule has 4 aliphatic heterocycles. The molecular formula is C58H60F3N7O7. The number of aryl methyl sites for hydroxylation is 2. The van der Waals surface area contributed by atoms with Crippen molar-refractivity contribution in [1.29, 1.82) is 0 Å². The number of hydrogen-bond donors (Lipinski definition) is 2. The number of nitrogens with two attached hydrogens (primary N) is 1. The van der Waals surface area contributed by atoms with E-state index in [9.17, 15) is 32.3 Å². The summed E-state index contributed by atoms with van der Waals surface area (Å²) in [5.74, 6) is -1.53. The minimum Gasteiger partial charge on any atom is -0.496 e. The van der Waals surface area contributed by atoms with Gasteiger partial charge >= 0.3 is 5.97 Å². The van der Waals surface area contributed by atoms with E-state index in [2.05, 4.69) is 15.0 Å². The number of likely N-dealkylation sites (tertiary alicyclic amines) is 2. The normalized spacial score (nSPS) is 16.6. The number of carboxylic acids is 1. The van der Waals surface area contributed by atoms with E-state index in [1.165, 1.54) is 26.4 Å². The van der Waals surface area contributed by atoms with Crippen molar-refractivity contribution in [1.82, 2.24) is 19.8 Å². The molecule has 0 aliphatic carbocycles. The molecule has 2 aromatic heterocycles. The Labute approximate surface area is 435 Å². The second-order valence-electron chi connectivity index (χ2n) is 18.3. The first-order valence-corrected chi connectivity index (χ1v) is 24.4. The Balaban J connectivity index is 0.000000177. The zero-order valence-electron chi connectivity index (χ0n) is 43.3. The van der Waals surface area contributed by atoms with Gasteiger partial charge in [-0.25, -0.2) is 13.6 Å². The molecule has 2 amide bonds. The van der Waals surface area contributed by atoms with Crippen LogP contribution in [0.2, 0.25) is 0 Å². The first kappa shape index (κ1) is 53.2. The number of hydrogen-bond acceptors (Lipinski definition) is 11. The average Bonchev–Trinajstić information content (AvgIpc) is 4.05. The van der Waals surface area contributed by atoms with Crippen molar-refractivity contribution in [3.63, 3.8) is 0 Å². The second-order valence-corrected chi connectivity index (χ2v) is 18.3. The number of fused-ring (bicyclic) bond motifs is 2. The van der Waals surface area contributed by atoms with E-state index in [1.807, 2.05) is 62.4 Å². The number of carbonyl (C=O) groups is 4. The molecule has 2 unspecified atom stereocenters. The summed E-state index contributed by atoms with van der Waals surface area (Å²) in [5, 5.41) is 9.07. The standard InChI is InChI=1S/C29H28FN3O3.C15H12N2O2.C13H17FN2O2.CH3F/c1-18-13-20(10-11-31-18)28-23-14-19(8-9-22(23)16-32-28)26(34)15-21-5-4-12-33(29(21)35)17-24-25(30)6-3-7-27(24)36-2;1-9-6-10(4-5-16-9)14-13-7-11(15(18)19)2-3-12(13)8-17-14;1-18-12-6-2-4-10(14)9(12)8-16-7-3-5-11(15)13(16)17;1-2/h3,6-11,13-14,21H,4-5,12,15-17H2,1-2H3;2-7H,8H2,1H3,(H,18,19);2,4,6,11H,3,5,7-8,15H2,1H3;1H3/i;;;1D. The molecule has 6 aromatic rings. The molecule has 75 heavy (non-hydrogen) atoms. The van der Waals surface area contributed by atoms with Crippen LogP contribution in [-0.4, -0.2) is 100 Å². The molecular weight excluding hydrogens is 964 g/mol. The zero-order chi connectivity index (χ0) is 54.5. The summed E-state index contributed by atoms with van der Waals surface area (Å²) >= 11 is 0. The second kappa shape index (κ2) is 25.3. The van der Waals surface area contributed by atoms with Gasteiger partial charge in [-0.1, -0.05) is 30.3 Å². The first-order valence-electron chi connectivity index (χ1n) is 25.1. The van der Waals surface area contributed by atoms with Gasteiger partial charge in [0.25, 0.3) is 0 Å². The highest BCUT2D eigenvalue weighted by atomic mass is 19.1. The fourth-order valence-electron chi connectivity index (χ4n) is 9.54. The van der Waals surface area contributed by atoms with Crippen LogP contribution >= 0.6 is 0 Å². The van der Waals surface area contributed by atoms with Crippen molar-refractivity contribution in [2.45, 2.75) is 78.2 Å². The van der Waals surface area contributed by atoms with Gasteiger partial charge in [-0.05, 0) is 117 Å². The molecule has 2 fully saturated rings. The molecule has 4 aliphatic rings. The highest BCUT2D eigenvalue weighted by Gasteiger charge is 2.33. The maximum Gasteiger partial charge on any atom is 0.335 e. The van der Waals surface area contributed by atoms with Gasteiger partial charge in [-0.3, -0.25) is 38.7 Å². The lowest BCUT2D eigenvalue weighted by atomic mass is 9.88. The third kappa shape index (κ3) is 13.0. The number of halogens is 3. The van der Waals surface area contributed by atoms with Crippen molar-refractivity contribution >= 4 is 35.0 Å². The third-order valence-electron chi connectivity index (χ3n) is 13.4. The van der Waals surface area contributed by atoms with E-state index in [0.717, 1.165) is 69.0 Å². The number of ether oxygens (including phenoxy) is 2. The van der Waals surface area contributed by atoms with Crippen LogP contribution in [0.25, 0.3) is 0 Å². The van der Waals surface area contributed by atoms with Gasteiger partial charge in [0.05, 0.1) is 72.0 Å². The monoisotopic (exact) mass is 1020 g/mol. The van der Waals surface area contributed by atoms with Gasteiger partial charge in [-0.15, -0.1) is 0 Å². The number of rotatable bonds is 12. The first-order chi connectivity index (χ1) is 36.6. The molecule has 2 saturated heterocycles. The maximum atomic E-state index is 14.4. The Morgan fingerprint density at radius 3 is 1.68 bits per heavy atom. The highest BCUT2D eigenvalue weighted by Crippen LogP contribution is 2.31. The average molecular weight is 1030 g/mol. The Bertz CT molecular complexity index is 3170. The minimum absolute atomic E-state index is 0.0707. The summed E-state index contributed by atoms with van der Waals surface area (Å²) in [6.07, 6.45) is 6.59. The van der Waals surface area contributed by atoms with E-state index in [0.29, 0.717) is 72.8 Å². The van der Waals surface area contributed by atoms with Crippen molar-refractivity contribution in [2.24, 2.45) is 21.6 Å². The predicted molar refractivity (Wildman–Crippen MR) is 279 cm³/mol. The van der Waals surface area contributed by atoms with Gasteiger partial charge in [0.15, 0.2) is 5.78 Å². The molecule has 2 atom stereocenters. The maximum absolute atomic E-state index is 14.4. The van der Waals surface area contributed by atoms with Crippen LogP contribution in [0.5, 0.6) is 11.5 Å². The number of aromatic carboxylic acids is 1. The van der Waals surface area contributed by atoms with E-state index in [-0.39, 0.29) is 42.9 Å².